The van der Waals surface area contributed by atoms with Crippen molar-refractivity contribution in [3.05, 3.63) is 41.8 Å². The Kier molecular flexibility index (Phi) is 5.35. The van der Waals surface area contributed by atoms with Crippen LogP contribution in [0.1, 0.15) is 24.6 Å². The molecule has 1 heterocycles. The van der Waals surface area contributed by atoms with Crippen LogP contribution in [0, 0.1) is 5.82 Å². The number of hydrogen-bond donors (Lipinski definition) is 1. The fraction of sp³-hybridized carbons (Fsp3) is 0.385. The van der Waals surface area contributed by atoms with Crippen LogP contribution in [0.5, 0.6) is 0 Å². The van der Waals surface area contributed by atoms with Gasteiger partial charge in [0.25, 0.3) is 0 Å². The molecular formula is C13H15FN2O2S. The van der Waals surface area contributed by atoms with Gasteiger partial charge in [0, 0.05) is 17.9 Å². The molecule has 19 heavy (non-hydrogen) atoms. The third-order valence-electron chi connectivity index (χ3n) is 2.47. The van der Waals surface area contributed by atoms with Gasteiger partial charge in [0.15, 0.2) is 5.82 Å². The Hall–Kier alpha value is -1.40. The predicted octanol–water partition coefficient (Wildman–Crippen LogP) is 2.82. The number of aliphatic hydroxyl groups excluding tert-OH is 1. The first-order valence-electron chi connectivity index (χ1n) is 6.08. The van der Waals surface area contributed by atoms with Gasteiger partial charge >= 0.3 is 0 Å². The second kappa shape index (κ2) is 7.25. The molecule has 4 nitrogen and oxygen atoms in total. The maximum absolute atomic E-state index is 13.0. The first kappa shape index (κ1) is 14.0. The maximum atomic E-state index is 13.0. The number of hydrogen-bond acceptors (Lipinski definition) is 5. The minimum atomic E-state index is -0.247. The summed E-state index contributed by atoms with van der Waals surface area (Å²) in [5.41, 5.74) is 0. The maximum Gasteiger partial charge on any atom is 0.226 e. The Morgan fingerprint density at radius 3 is 3.00 bits per heavy atom. The van der Waals surface area contributed by atoms with Gasteiger partial charge in [-0.2, -0.15) is 4.98 Å². The van der Waals surface area contributed by atoms with E-state index in [0.29, 0.717) is 23.9 Å². The van der Waals surface area contributed by atoms with E-state index in [1.807, 2.05) is 6.07 Å². The van der Waals surface area contributed by atoms with Gasteiger partial charge in [0.05, 0.1) is 5.75 Å². The van der Waals surface area contributed by atoms with Gasteiger partial charge in [-0.3, -0.25) is 0 Å². The van der Waals surface area contributed by atoms with Gasteiger partial charge < -0.3 is 9.63 Å². The van der Waals surface area contributed by atoms with Crippen LogP contribution in [0.2, 0.25) is 0 Å². The molecule has 0 fully saturated rings. The predicted molar refractivity (Wildman–Crippen MR) is 70.3 cm³/mol. The highest BCUT2D eigenvalue weighted by molar-refractivity contribution is 7.98. The number of nitrogens with zero attached hydrogens (tertiary/aromatic N) is 2. The molecule has 0 spiro atoms. The molecule has 0 atom stereocenters. The van der Waals surface area contributed by atoms with Crippen molar-refractivity contribution in [2.45, 2.75) is 29.9 Å². The molecule has 1 aromatic heterocycles. The van der Waals surface area contributed by atoms with E-state index >= 15 is 0 Å². The number of aliphatic hydroxyl groups is 1. The molecule has 2 rings (SSSR count). The largest absolute Gasteiger partial charge is 0.396 e. The standard InChI is InChI=1S/C13H15FN2O2S/c14-10-4-3-5-11(8-10)19-9-12-15-13(18-16-12)6-1-2-7-17/h3-5,8,17H,1-2,6-7,9H2. The van der Waals surface area contributed by atoms with E-state index in [2.05, 4.69) is 10.1 Å². The van der Waals surface area contributed by atoms with E-state index in [-0.39, 0.29) is 12.4 Å². The lowest BCUT2D eigenvalue weighted by Crippen LogP contribution is -1.90. The third-order valence-corrected chi connectivity index (χ3v) is 3.46. The molecule has 0 aliphatic rings. The first-order chi connectivity index (χ1) is 9.28. The Morgan fingerprint density at radius 1 is 1.32 bits per heavy atom. The molecule has 2 aromatic rings. The molecule has 0 saturated carbocycles. The van der Waals surface area contributed by atoms with Crippen molar-refractivity contribution in [3.63, 3.8) is 0 Å². The fourth-order valence-electron chi connectivity index (χ4n) is 1.54. The summed E-state index contributed by atoms with van der Waals surface area (Å²) in [6.07, 6.45) is 2.24. The molecule has 0 unspecified atom stereocenters. The molecule has 0 aliphatic heterocycles. The number of aromatic nitrogens is 2. The zero-order valence-electron chi connectivity index (χ0n) is 10.4. The van der Waals surface area contributed by atoms with Gasteiger partial charge in [0.1, 0.15) is 5.82 Å². The van der Waals surface area contributed by atoms with Crippen molar-refractivity contribution in [3.8, 4) is 0 Å². The SMILES string of the molecule is OCCCCc1nc(CSc2cccc(F)c2)no1. The highest BCUT2D eigenvalue weighted by atomic mass is 32.2. The summed E-state index contributed by atoms with van der Waals surface area (Å²) in [4.78, 5) is 5.09. The number of rotatable bonds is 7. The van der Waals surface area contributed by atoms with E-state index in [4.69, 9.17) is 9.63 Å². The van der Waals surface area contributed by atoms with Crippen LogP contribution in [0.4, 0.5) is 4.39 Å². The highest BCUT2D eigenvalue weighted by Gasteiger charge is 2.06. The van der Waals surface area contributed by atoms with Gasteiger partial charge in [-0.1, -0.05) is 11.2 Å². The number of benzene rings is 1. The minimum absolute atomic E-state index is 0.177. The number of aryl methyl sites for hydroxylation is 1. The van der Waals surface area contributed by atoms with E-state index in [9.17, 15) is 4.39 Å². The van der Waals surface area contributed by atoms with Gasteiger partial charge in [-0.05, 0) is 31.0 Å². The zero-order chi connectivity index (χ0) is 13.5. The van der Waals surface area contributed by atoms with Gasteiger partial charge in [-0.15, -0.1) is 11.8 Å². The molecule has 0 aliphatic carbocycles. The van der Waals surface area contributed by atoms with Crippen LogP contribution in [-0.4, -0.2) is 21.9 Å². The number of thioether (sulfide) groups is 1. The van der Waals surface area contributed by atoms with E-state index in [1.165, 1.54) is 23.9 Å². The zero-order valence-corrected chi connectivity index (χ0v) is 11.2. The summed E-state index contributed by atoms with van der Waals surface area (Å²) < 4.78 is 18.1. The average molecular weight is 282 g/mol. The minimum Gasteiger partial charge on any atom is -0.396 e. The Morgan fingerprint density at radius 2 is 2.21 bits per heavy atom. The van der Waals surface area contributed by atoms with Gasteiger partial charge in [-0.25, -0.2) is 4.39 Å². The van der Waals surface area contributed by atoms with Crippen LogP contribution in [0.25, 0.3) is 0 Å². The van der Waals surface area contributed by atoms with Crippen LogP contribution in [0.3, 0.4) is 0 Å². The van der Waals surface area contributed by atoms with Crippen molar-refractivity contribution in [1.82, 2.24) is 10.1 Å². The monoisotopic (exact) mass is 282 g/mol. The van der Waals surface area contributed by atoms with Crippen molar-refractivity contribution < 1.29 is 14.0 Å². The lowest BCUT2D eigenvalue weighted by atomic mass is 10.2. The lowest BCUT2D eigenvalue weighted by Gasteiger charge is -1.97. The lowest BCUT2D eigenvalue weighted by molar-refractivity contribution is 0.280. The van der Waals surface area contributed by atoms with Crippen LogP contribution >= 0.6 is 11.8 Å². The summed E-state index contributed by atoms with van der Waals surface area (Å²) in [5, 5.41) is 12.6. The second-order valence-electron chi connectivity index (χ2n) is 4.03. The summed E-state index contributed by atoms with van der Waals surface area (Å²) >= 11 is 1.46. The molecule has 1 N–H and O–H groups in total. The molecule has 0 saturated heterocycles. The quantitative estimate of drug-likeness (QED) is 0.625. The molecule has 0 bridgehead atoms. The van der Waals surface area contributed by atoms with Gasteiger partial charge in [0.2, 0.25) is 5.89 Å². The summed E-state index contributed by atoms with van der Waals surface area (Å²) in [5.74, 6) is 1.49. The number of unbranched alkanes of at least 4 members (excludes halogenated alkanes) is 1. The fourth-order valence-corrected chi connectivity index (χ4v) is 2.33. The third kappa shape index (κ3) is 4.65. The topological polar surface area (TPSA) is 59.2 Å². The van der Waals surface area contributed by atoms with Crippen LogP contribution < -0.4 is 0 Å². The Bertz CT molecular complexity index is 519. The highest BCUT2D eigenvalue weighted by Crippen LogP contribution is 2.22. The number of halogens is 1. The normalized spacial score (nSPS) is 10.8. The summed E-state index contributed by atoms with van der Waals surface area (Å²) in [6.45, 7) is 0.177. The average Bonchev–Trinajstić information content (AvgIpc) is 2.85. The molecule has 102 valence electrons. The molecular weight excluding hydrogens is 267 g/mol. The van der Waals surface area contributed by atoms with E-state index in [1.54, 1.807) is 6.07 Å². The second-order valence-corrected chi connectivity index (χ2v) is 5.08. The molecule has 0 amide bonds. The van der Waals surface area contributed by atoms with Crippen LogP contribution in [0.15, 0.2) is 33.7 Å². The van der Waals surface area contributed by atoms with E-state index < -0.39 is 0 Å². The van der Waals surface area contributed by atoms with Crippen LogP contribution in [-0.2, 0) is 12.2 Å². The molecule has 6 heteroatoms. The molecule has 0 radical (unpaired) electrons. The Labute approximate surface area is 115 Å². The first-order valence-corrected chi connectivity index (χ1v) is 7.07. The Balaban J connectivity index is 1.83. The van der Waals surface area contributed by atoms with Crippen molar-refractivity contribution >= 4 is 11.8 Å². The van der Waals surface area contributed by atoms with Crippen molar-refractivity contribution in [1.29, 1.82) is 0 Å². The smallest absolute Gasteiger partial charge is 0.226 e. The van der Waals surface area contributed by atoms with E-state index in [0.717, 1.165) is 17.7 Å². The summed E-state index contributed by atoms with van der Waals surface area (Å²) in [7, 11) is 0. The summed E-state index contributed by atoms with van der Waals surface area (Å²) in [6, 6.07) is 6.41. The van der Waals surface area contributed by atoms with Crippen molar-refractivity contribution in [2.24, 2.45) is 0 Å². The van der Waals surface area contributed by atoms with Crippen molar-refractivity contribution in [2.75, 3.05) is 6.61 Å². The molecule has 1 aromatic carbocycles.